The molecule has 9 rings (SSSR count). The van der Waals surface area contributed by atoms with Crippen molar-refractivity contribution >= 4 is 18.7 Å². The zero-order valence-electron chi connectivity index (χ0n) is 39.8. The minimum Gasteiger partial charge on any atom is -0.405 e. The number of fused-ring (bicyclic) bond motifs is 3. The highest BCUT2D eigenvalue weighted by atomic mass is 28.4. The van der Waals surface area contributed by atoms with Gasteiger partial charge in [0.25, 0.3) is 8.32 Å². The van der Waals surface area contributed by atoms with E-state index in [1.165, 1.54) is 10.4 Å². The third-order valence-corrected chi connectivity index (χ3v) is 18.1. The van der Waals surface area contributed by atoms with Gasteiger partial charge >= 0.3 is 0 Å². The monoisotopic (exact) mass is 926 g/mol. The maximum Gasteiger partial charge on any atom is 0.261 e. The largest absolute Gasteiger partial charge is 0.405 e. The van der Waals surface area contributed by atoms with Crippen LogP contribution in [0, 0.1) is 0 Å². The predicted octanol–water partition coefficient (Wildman–Crippen LogP) is 9.04. The molecule has 0 saturated carbocycles. The molecule has 4 aliphatic rings. The Kier molecular flexibility index (Phi) is 14.5. The standard InChI is InChI=1S/C56H66O10Si/c1-54(2,3)67(42-29-19-11-20-30-42,43-31-21-12-22-32-43)60-38-46-48(58-36-40-25-15-9-16-26-40)50(59-37-41-27-17-10-18-28-41)47(57-35-39-23-13-8-14-24-39)44(61-46)33-34-45-49-51(64-55(4,5)63-49)52-53(62-45)66-56(6,7)65-52/h8-34,44-53H,35-38H2,1-7H3/b34-33-/t44-,45+,46+,47-,48-,49-,50+,51-,52+,53+/m0/s1. The Balaban J connectivity index is 1.13. The van der Waals surface area contributed by atoms with Crippen LogP contribution in [0.2, 0.25) is 5.04 Å². The van der Waals surface area contributed by atoms with E-state index in [0.29, 0.717) is 19.8 Å². The normalized spacial score (nSPS) is 29.1. The number of hydrogen-bond donors (Lipinski definition) is 0. The molecule has 5 aromatic carbocycles. The predicted molar refractivity (Wildman–Crippen MR) is 259 cm³/mol. The van der Waals surface area contributed by atoms with E-state index in [0.717, 1.165) is 16.7 Å². The lowest BCUT2D eigenvalue weighted by Crippen LogP contribution is -2.68. The molecule has 0 aromatic heterocycles. The third kappa shape index (κ3) is 10.8. The second kappa shape index (κ2) is 20.3. The quantitative estimate of drug-likeness (QED) is 0.0706. The van der Waals surface area contributed by atoms with E-state index in [9.17, 15) is 0 Å². The summed E-state index contributed by atoms with van der Waals surface area (Å²) in [4.78, 5) is 0. The summed E-state index contributed by atoms with van der Waals surface area (Å²) in [5.74, 6) is -1.71. The first-order chi connectivity index (χ1) is 32.3. The Morgan fingerprint density at radius 1 is 0.478 bits per heavy atom. The molecule has 67 heavy (non-hydrogen) atoms. The SMILES string of the molecule is CC1(C)O[C@H]2[C@@H](O1)[C@@H](/C=C\[C@@H]1O[C@H](CO[Si](c3ccccc3)(c3ccccc3)C(C)(C)C)[C@H](OCc3ccccc3)[C@H](OCc3ccccc3)[C@H]1OCc1ccccc1)O[C@@H]1OC(C)(C)O[C@@H]12. The van der Waals surface area contributed by atoms with Crippen molar-refractivity contribution in [2.45, 2.75) is 146 Å². The van der Waals surface area contributed by atoms with E-state index in [-0.39, 0.29) is 11.6 Å². The van der Waals surface area contributed by atoms with Crippen LogP contribution in [0.1, 0.15) is 65.2 Å². The van der Waals surface area contributed by atoms with Crippen LogP contribution in [0.3, 0.4) is 0 Å². The van der Waals surface area contributed by atoms with Crippen LogP contribution in [-0.4, -0.2) is 87.7 Å². The van der Waals surface area contributed by atoms with E-state index < -0.39 is 81.1 Å². The summed E-state index contributed by atoms with van der Waals surface area (Å²) in [7, 11) is -3.04. The molecule has 0 aliphatic carbocycles. The van der Waals surface area contributed by atoms with Crippen molar-refractivity contribution in [1.82, 2.24) is 0 Å². The molecular weight excluding hydrogens is 861 g/mol. The van der Waals surface area contributed by atoms with Crippen molar-refractivity contribution in [1.29, 1.82) is 0 Å². The van der Waals surface area contributed by atoms with E-state index >= 15 is 0 Å². The number of ether oxygens (including phenoxy) is 9. The maximum absolute atomic E-state index is 7.67. The molecule has 10 atom stereocenters. The molecule has 4 fully saturated rings. The van der Waals surface area contributed by atoms with E-state index in [1.807, 2.05) is 94.4 Å². The molecule has 0 bridgehead atoms. The van der Waals surface area contributed by atoms with Gasteiger partial charge in [0.1, 0.15) is 54.9 Å². The average molecular weight is 927 g/mol. The first kappa shape index (κ1) is 47.7. The summed E-state index contributed by atoms with van der Waals surface area (Å²) in [5, 5.41) is 2.07. The van der Waals surface area contributed by atoms with Gasteiger partial charge < -0.3 is 47.1 Å². The summed E-state index contributed by atoms with van der Waals surface area (Å²) in [5.41, 5.74) is 3.09. The molecule has 4 saturated heterocycles. The highest BCUT2D eigenvalue weighted by molar-refractivity contribution is 6.99. The van der Waals surface area contributed by atoms with Crippen molar-refractivity contribution in [3.8, 4) is 0 Å². The molecule has 4 heterocycles. The highest BCUT2D eigenvalue weighted by Crippen LogP contribution is 2.45. The van der Waals surface area contributed by atoms with Gasteiger partial charge in [-0.25, -0.2) is 0 Å². The van der Waals surface area contributed by atoms with Crippen molar-refractivity contribution in [2.24, 2.45) is 0 Å². The molecular formula is C56H66O10Si. The van der Waals surface area contributed by atoms with Gasteiger partial charge in [0.2, 0.25) is 0 Å². The zero-order chi connectivity index (χ0) is 46.7. The lowest BCUT2D eigenvalue weighted by Gasteiger charge is -2.48. The molecule has 354 valence electrons. The molecule has 5 aromatic rings. The Bertz CT molecular complexity index is 2300. The van der Waals surface area contributed by atoms with Gasteiger partial charge in [-0.15, -0.1) is 0 Å². The fraction of sp³-hybridized carbons (Fsp3) is 0.429. The number of hydrogen-bond acceptors (Lipinski definition) is 10. The van der Waals surface area contributed by atoms with Gasteiger partial charge in [-0.3, -0.25) is 0 Å². The zero-order valence-corrected chi connectivity index (χ0v) is 40.8. The molecule has 11 heteroatoms. The molecule has 0 N–H and O–H groups in total. The van der Waals surface area contributed by atoms with E-state index in [1.54, 1.807) is 0 Å². The van der Waals surface area contributed by atoms with Crippen LogP contribution in [0.5, 0.6) is 0 Å². The van der Waals surface area contributed by atoms with Crippen LogP contribution >= 0.6 is 0 Å². The van der Waals surface area contributed by atoms with Gasteiger partial charge in [-0.05, 0) is 59.8 Å². The molecule has 0 spiro atoms. The molecule has 0 unspecified atom stereocenters. The van der Waals surface area contributed by atoms with Crippen LogP contribution in [0.15, 0.2) is 164 Å². The first-order valence-electron chi connectivity index (χ1n) is 23.7. The van der Waals surface area contributed by atoms with Gasteiger partial charge in [0.15, 0.2) is 17.9 Å². The molecule has 4 aliphatic heterocycles. The summed E-state index contributed by atoms with van der Waals surface area (Å²) in [6.45, 7) is 15.7. The van der Waals surface area contributed by atoms with Crippen LogP contribution in [0.25, 0.3) is 0 Å². The van der Waals surface area contributed by atoms with Gasteiger partial charge in [0, 0.05) is 0 Å². The maximum atomic E-state index is 7.67. The minimum absolute atomic E-state index is 0.216. The third-order valence-electron chi connectivity index (χ3n) is 13.1. The van der Waals surface area contributed by atoms with Gasteiger partial charge in [0.05, 0.1) is 26.4 Å². The lowest BCUT2D eigenvalue weighted by molar-refractivity contribution is -0.260. The summed E-state index contributed by atoms with van der Waals surface area (Å²) in [6.07, 6.45) is -1.68. The van der Waals surface area contributed by atoms with Gasteiger partial charge in [-0.2, -0.15) is 0 Å². The lowest BCUT2D eigenvalue weighted by atomic mass is 9.92. The summed E-state index contributed by atoms with van der Waals surface area (Å²) in [6, 6.07) is 52.0. The van der Waals surface area contributed by atoms with E-state index in [4.69, 9.17) is 47.1 Å². The van der Waals surface area contributed by atoms with Crippen molar-refractivity contribution in [2.75, 3.05) is 6.61 Å². The highest BCUT2D eigenvalue weighted by Gasteiger charge is 2.60. The second-order valence-corrected chi connectivity index (χ2v) is 24.2. The topological polar surface area (TPSA) is 92.3 Å². The average Bonchev–Trinajstić information content (AvgIpc) is 3.83. The molecule has 0 amide bonds. The summed E-state index contributed by atoms with van der Waals surface area (Å²) < 4.78 is 68.8. The van der Waals surface area contributed by atoms with E-state index in [2.05, 4.69) is 118 Å². The fourth-order valence-corrected chi connectivity index (χ4v) is 14.7. The molecule has 0 radical (unpaired) electrons. The van der Waals surface area contributed by atoms with Crippen molar-refractivity contribution in [3.05, 3.63) is 181 Å². The first-order valence-corrected chi connectivity index (χ1v) is 25.6. The van der Waals surface area contributed by atoms with Crippen molar-refractivity contribution < 1.29 is 47.1 Å². The summed E-state index contributed by atoms with van der Waals surface area (Å²) >= 11 is 0. The molecule has 10 nitrogen and oxygen atoms in total. The Morgan fingerprint density at radius 3 is 1.40 bits per heavy atom. The van der Waals surface area contributed by atoms with Crippen LogP contribution in [0.4, 0.5) is 0 Å². The van der Waals surface area contributed by atoms with Crippen molar-refractivity contribution in [3.63, 3.8) is 0 Å². The van der Waals surface area contributed by atoms with Crippen LogP contribution < -0.4 is 10.4 Å². The second-order valence-electron chi connectivity index (χ2n) is 19.9. The number of benzene rings is 5. The van der Waals surface area contributed by atoms with Gasteiger partial charge in [-0.1, -0.05) is 185 Å². The minimum atomic E-state index is -3.04. The number of rotatable bonds is 16. The Morgan fingerprint density at radius 2 is 0.896 bits per heavy atom. The Hall–Kier alpha value is -4.34. The fourth-order valence-electron chi connectivity index (χ4n) is 10.1. The smallest absolute Gasteiger partial charge is 0.261 e. The van der Waals surface area contributed by atoms with Crippen LogP contribution in [-0.2, 0) is 66.9 Å². The Labute approximate surface area is 397 Å².